The molecule has 4 aliphatic carbocycles. The van der Waals surface area contributed by atoms with Crippen LogP contribution in [0.3, 0.4) is 0 Å². The zero-order valence-electron chi connectivity index (χ0n) is 76.1. The number of thiophene rings is 1. The van der Waals surface area contributed by atoms with Gasteiger partial charge in [0.1, 0.15) is 28.8 Å². The van der Waals surface area contributed by atoms with Crippen LogP contribution in [-0.4, -0.2) is 114 Å². The SMILES string of the molecule is CCC(C)(C)C(=O)OC12CC3CC(C1)CC(C(=O)OC(CS(=O)(=O)[O-])C(F)(F)F)(C3)C2.CCC(C)(C)C(=O)OC1C2CC3C(=O)OC1C3O2.CCC(C)(C)C(=O)Oc1cc(C)c(O)c(C)c1.CCC(C)(C)OC(=O)C(C)(C)CC.O=C([O-])c1cc(I)cc(I)c1I.c1ccc(-[s+]2c3ccccc3c3ccccc32)cc1.c1ccc([S+](c2ccccc2)c2ccccc2)cc1. The third-order valence-corrected chi connectivity index (χ3v) is 34.0. The number of fused-ring (bicyclic) bond motifs is 4. The number of aromatic hydroxyl groups is 1. The maximum atomic E-state index is 13.3. The number of esters is 6. The zero-order valence-corrected chi connectivity index (χ0v) is 85.0. The summed E-state index contributed by atoms with van der Waals surface area (Å²) in [5, 5.41) is 23.0. The van der Waals surface area contributed by atoms with Crippen molar-refractivity contribution in [3.63, 3.8) is 0 Å². The van der Waals surface area contributed by atoms with E-state index in [1.165, 1.54) is 39.8 Å². The van der Waals surface area contributed by atoms with Gasteiger partial charge in [0.15, 0.2) is 41.2 Å². The standard InChI is InChI=1S/C20H29F3O7S.C18H13S.C18H15S.C14H20O3.C13H18O5.C11H22O2.C7H3I3O2/c1-4-17(2,3)15(24)30-19-8-12-5-13(9-19)7-18(6-12,11-19)16(25)29-14(20(21,22)23)10-31(26,27)28;1-2-8-14(9-3-1)19-17-12-6-4-10-15(17)16-11-5-7-13-18(16)19;1-4-10-16(11-5-1)19(17-12-6-2-7-13-17)18-14-8-3-9-15-18;1-6-14(4,5)13(16)17-11-7-9(2)12(15)10(3)8-11;1-4-13(2,3)12(15)18-9-7-5-6-8(16-7)10(9)17-11(6)14;1-7-10(3,4)9(12)13-11(5,6)8-2;8-3-1-4(7(11)12)6(10)5(9)2-3/h12-14H,4-11H2,1-3H3,(H,26,27,28);1-13H;1-15H;7-8,15H,6H2,1-5H3;6-10H,4-5H2,1-3H3;7-8H2,1-6H3;1-2H,(H,11,12)/q;2*+1;;;;/p-2. The smallest absolute Gasteiger partial charge is 0.426 e. The molecule has 6 bridgehead atoms. The number of carbonyl (C=O) groups excluding carboxylic acids is 7. The van der Waals surface area contributed by atoms with Gasteiger partial charge < -0.3 is 52.7 Å². The minimum Gasteiger partial charge on any atom is -0.748 e. The molecule has 3 aliphatic heterocycles. The van der Waals surface area contributed by atoms with Crippen molar-refractivity contribution in [1.29, 1.82) is 0 Å². The molecule has 8 unspecified atom stereocenters. The molecule has 1 aromatic heterocycles. The quantitative estimate of drug-likeness (QED) is 0.0125. The average Bonchev–Trinajstić information content (AvgIpc) is 1.49. The monoisotopic (exact) mass is 2170 g/mol. The van der Waals surface area contributed by atoms with Crippen molar-refractivity contribution in [3.05, 3.63) is 222 Å². The normalized spacial score (nSPS) is 20.8. The second-order valence-corrected chi connectivity index (χ2v) is 45.8. The van der Waals surface area contributed by atoms with Crippen LogP contribution in [0.1, 0.15) is 202 Å². The van der Waals surface area contributed by atoms with Gasteiger partial charge in [0.05, 0.1) is 71.8 Å². The van der Waals surface area contributed by atoms with Gasteiger partial charge in [-0.25, -0.2) is 8.42 Å². The number of ether oxygens (including phenoxy) is 7. The summed E-state index contributed by atoms with van der Waals surface area (Å²) in [5.74, 6) is -4.76. The van der Waals surface area contributed by atoms with E-state index < -0.39 is 85.5 Å². The first-order valence-corrected chi connectivity index (χ1v) is 50.6. The molecule has 16 rings (SSSR count). The molecule has 4 heterocycles. The number of carbonyl (C=O) groups is 7. The maximum absolute atomic E-state index is 13.3. The first kappa shape index (κ1) is 105. The van der Waals surface area contributed by atoms with Crippen LogP contribution in [0.25, 0.3) is 25.1 Å². The highest BCUT2D eigenvalue weighted by Gasteiger charge is 2.66. The molecule has 129 heavy (non-hydrogen) atoms. The molecule has 0 amide bonds. The number of hydrogen-bond donors (Lipinski definition) is 1. The summed E-state index contributed by atoms with van der Waals surface area (Å²) in [4.78, 5) is 88.9. The van der Waals surface area contributed by atoms with E-state index in [9.17, 15) is 69.9 Å². The molecule has 9 aromatic rings. The van der Waals surface area contributed by atoms with Crippen molar-refractivity contribution < 1.29 is 103 Å². The molecule has 7 fully saturated rings. The highest BCUT2D eigenvalue weighted by atomic mass is 127. The Morgan fingerprint density at radius 1 is 0.581 bits per heavy atom. The van der Waals surface area contributed by atoms with Crippen LogP contribution in [0.2, 0.25) is 0 Å². The predicted molar refractivity (Wildman–Crippen MR) is 519 cm³/mol. The van der Waals surface area contributed by atoms with E-state index in [0.717, 1.165) is 36.4 Å². The van der Waals surface area contributed by atoms with Crippen LogP contribution in [0, 0.1) is 69.4 Å². The van der Waals surface area contributed by atoms with Gasteiger partial charge in [-0.2, -0.15) is 13.2 Å². The lowest BCUT2D eigenvalue weighted by atomic mass is 9.48. The van der Waals surface area contributed by atoms with Crippen LogP contribution < -0.4 is 9.84 Å². The Hall–Kier alpha value is -7.73. The van der Waals surface area contributed by atoms with Gasteiger partial charge in [-0.15, -0.1) is 0 Å². The summed E-state index contributed by atoms with van der Waals surface area (Å²) in [6, 6.07) is 67.4. The number of alkyl halides is 3. The lowest BCUT2D eigenvalue weighted by Gasteiger charge is -2.60. The maximum Gasteiger partial charge on any atom is 0.426 e. The number of aromatic carboxylic acids is 1. The summed E-state index contributed by atoms with van der Waals surface area (Å²) in [5.41, 5.74) is -2.95. The van der Waals surface area contributed by atoms with Gasteiger partial charge >= 0.3 is 42.0 Å². The molecule has 8 atom stereocenters. The van der Waals surface area contributed by atoms with E-state index in [4.69, 9.17) is 28.4 Å². The van der Waals surface area contributed by atoms with Crippen LogP contribution in [-0.2, 0) is 78.2 Å². The fraction of sp³-hybridized carbons (Fsp3) is 0.455. The van der Waals surface area contributed by atoms with Gasteiger partial charge in [0, 0.05) is 43.9 Å². The predicted octanol–water partition coefficient (Wildman–Crippen LogP) is 23.3. The minimum absolute atomic E-state index is 0.00100. The number of carboxylic acid groups (broad SMARTS) is 1. The topological polar surface area (TPSA) is 285 Å². The Kier molecular flexibility index (Phi) is 35.8. The fourth-order valence-corrected chi connectivity index (χ4v) is 23.4. The molecule has 696 valence electrons. The van der Waals surface area contributed by atoms with Gasteiger partial charge in [-0.05, 0) is 342 Å². The molecule has 0 spiro atoms. The van der Waals surface area contributed by atoms with E-state index >= 15 is 0 Å². The van der Waals surface area contributed by atoms with Crippen molar-refractivity contribution in [2.45, 2.75) is 257 Å². The largest absolute Gasteiger partial charge is 0.748 e. The van der Waals surface area contributed by atoms with Crippen molar-refractivity contribution in [2.24, 2.45) is 44.8 Å². The Labute approximate surface area is 803 Å². The number of aryl methyl sites for hydroxylation is 2. The summed E-state index contributed by atoms with van der Waals surface area (Å²) < 4.78 is 116. The molecule has 1 N–H and O–H groups in total. The first-order chi connectivity index (χ1) is 60.4. The summed E-state index contributed by atoms with van der Waals surface area (Å²) in [6.07, 6.45) is -2.62. The summed E-state index contributed by atoms with van der Waals surface area (Å²) >= 11 is 6.19. The Bertz CT molecular complexity index is 5350. The second-order valence-electron chi connectivity index (χ2n) is 36.9. The van der Waals surface area contributed by atoms with Crippen LogP contribution >= 0.6 is 78.2 Å². The highest BCUT2D eigenvalue weighted by Crippen LogP contribution is 2.64. The highest BCUT2D eigenvalue weighted by molar-refractivity contribution is 14.1. The third-order valence-electron chi connectivity index (χ3n) is 25.0. The molecule has 8 aromatic carbocycles. The Morgan fingerprint density at radius 3 is 1.47 bits per heavy atom. The van der Waals surface area contributed by atoms with E-state index in [2.05, 4.69) is 220 Å². The van der Waals surface area contributed by atoms with Crippen LogP contribution in [0.4, 0.5) is 13.2 Å². The number of benzene rings is 8. The molecule has 28 heteroatoms. The molecule has 19 nitrogen and oxygen atoms in total. The zero-order chi connectivity index (χ0) is 95.3. The lowest BCUT2D eigenvalue weighted by Crippen LogP contribution is -2.61. The van der Waals surface area contributed by atoms with E-state index in [-0.39, 0.29) is 104 Å². The van der Waals surface area contributed by atoms with Crippen LogP contribution in [0.15, 0.2) is 209 Å². The van der Waals surface area contributed by atoms with E-state index in [1.807, 2.05) is 119 Å². The van der Waals surface area contributed by atoms with Gasteiger partial charge in [0.2, 0.25) is 6.10 Å². The summed E-state index contributed by atoms with van der Waals surface area (Å²) in [6.45, 7) is 32.0. The third kappa shape index (κ3) is 26.9. The number of rotatable bonds is 22. The van der Waals surface area contributed by atoms with Crippen molar-refractivity contribution in [2.75, 3.05) is 5.75 Å². The van der Waals surface area contributed by atoms with Crippen LogP contribution in [0.5, 0.6) is 11.5 Å². The number of hydrogen-bond acceptors (Lipinski definition) is 19. The van der Waals surface area contributed by atoms with E-state index in [1.54, 1.807) is 45.9 Å². The lowest BCUT2D eigenvalue weighted by molar-refractivity contribution is -0.255. The van der Waals surface area contributed by atoms with Crippen molar-refractivity contribution >= 4 is 161 Å². The van der Waals surface area contributed by atoms with Crippen molar-refractivity contribution in [3.8, 4) is 16.4 Å². The number of carboxylic acids is 1. The van der Waals surface area contributed by atoms with Gasteiger partial charge in [-0.3, -0.25) is 28.8 Å². The molecule has 7 aliphatic rings. The second kappa shape index (κ2) is 44.0. The molecular formula is C101H118F3I3O19S3. The number of phenols is 1. The van der Waals surface area contributed by atoms with E-state index in [0.29, 0.717) is 61.8 Å². The fourth-order valence-electron chi connectivity index (χ4n) is 15.9. The average molecular weight is 2170 g/mol. The molecule has 3 saturated heterocycles. The number of halogens is 6. The van der Waals surface area contributed by atoms with Crippen molar-refractivity contribution in [1.82, 2.24) is 0 Å². The molecular weight excluding hydrogens is 2050 g/mol. The van der Waals surface area contributed by atoms with Gasteiger partial charge in [0.25, 0.3) is 0 Å². The molecule has 0 radical (unpaired) electrons. The Balaban J connectivity index is 0.000000173. The molecule has 4 saturated carbocycles. The number of phenolic OH excluding ortho intramolecular Hbond substituents is 1. The Morgan fingerprint density at radius 2 is 1.02 bits per heavy atom. The minimum atomic E-state index is -5.27. The summed E-state index contributed by atoms with van der Waals surface area (Å²) in [7, 11) is -5.23. The van der Waals surface area contributed by atoms with Gasteiger partial charge in [-0.1, -0.05) is 132 Å². The first-order valence-electron chi connectivity index (χ1n) is 43.4.